The van der Waals surface area contributed by atoms with Gasteiger partial charge in [0, 0.05) is 31.7 Å². The minimum absolute atomic E-state index is 0. The first-order chi connectivity index (χ1) is 11.6. The van der Waals surface area contributed by atoms with Gasteiger partial charge in [0.15, 0.2) is 11.7 Å². The summed E-state index contributed by atoms with van der Waals surface area (Å²) < 4.78 is 5.26. The SMILES string of the molecule is CCNC(=NCc1cc(CC)no1)NC1CCN(CC(N)=O)CC1.I. The van der Waals surface area contributed by atoms with Crippen LogP contribution in [0.1, 0.15) is 38.1 Å². The Morgan fingerprint density at radius 3 is 2.72 bits per heavy atom. The highest BCUT2D eigenvalue weighted by molar-refractivity contribution is 14.0. The van der Waals surface area contributed by atoms with E-state index in [2.05, 4.69) is 25.7 Å². The molecule has 0 saturated carbocycles. The summed E-state index contributed by atoms with van der Waals surface area (Å²) >= 11 is 0. The molecule has 0 unspecified atom stereocenters. The lowest BCUT2D eigenvalue weighted by molar-refractivity contribution is -0.119. The van der Waals surface area contributed by atoms with Gasteiger partial charge in [-0.3, -0.25) is 9.69 Å². The van der Waals surface area contributed by atoms with Crippen molar-refractivity contribution < 1.29 is 9.32 Å². The molecule has 142 valence electrons. The highest BCUT2D eigenvalue weighted by Gasteiger charge is 2.20. The molecule has 1 fully saturated rings. The summed E-state index contributed by atoms with van der Waals surface area (Å²) in [5.41, 5.74) is 6.19. The van der Waals surface area contributed by atoms with Crippen molar-refractivity contribution in [2.45, 2.75) is 45.7 Å². The second-order valence-corrected chi connectivity index (χ2v) is 5.99. The Bertz CT molecular complexity index is 555. The van der Waals surface area contributed by atoms with Gasteiger partial charge in [0.25, 0.3) is 0 Å². The van der Waals surface area contributed by atoms with Crippen molar-refractivity contribution in [3.05, 3.63) is 17.5 Å². The van der Waals surface area contributed by atoms with E-state index in [0.29, 0.717) is 19.1 Å². The normalized spacial score (nSPS) is 16.3. The van der Waals surface area contributed by atoms with Crippen LogP contribution >= 0.6 is 24.0 Å². The van der Waals surface area contributed by atoms with E-state index in [1.54, 1.807) is 0 Å². The molecule has 9 heteroatoms. The van der Waals surface area contributed by atoms with E-state index in [0.717, 1.165) is 56.3 Å². The molecule has 1 aromatic rings. The fourth-order valence-corrected chi connectivity index (χ4v) is 2.72. The van der Waals surface area contributed by atoms with Gasteiger partial charge in [0.1, 0.15) is 6.54 Å². The summed E-state index contributed by atoms with van der Waals surface area (Å²) in [6.07, 6.45) is 2.77. The minimum Gasteiger partial charge on any atom is -0.369 e. The van der Waals surface area contributed by atoms with Gasteiger partial charge in [0.2, 0.25) is 5.91 Å². The van der Waals surface area contributed by atoms with Crippen molar-refractivity contribution in [2.75, 3.05) is 26.2 Å². The average molecular weight is 464 g/mol. The number of piperidine rings is 1. The molecular weight excluding hydrogens is 435 g/mol. The number of aliphatic imine (C=N–C) groups is 1. The zero-order chi connectivity index (χ0) is 17.4. The maximum Gasteiger partial charge on any atom is 0.231 e. The Balaban J connectivity index is 0.00000312. The predicted octanol–water partition coefficient (Wildman–Crippen LogP) is 0.860. The summed E-state index contributed by atoms with van der Waals surface area (Å²) in [6.45, 7) is 7.40. The van der Waals surface area contributed by atoms with Crippen LogP contribution < -0.4 is 16.4 Å². The molecule has 1 aliphatic rings. The van der Waals surface area contributed by atoms with Crippen molar-refractivity contribution in [1.29, 1.82) is 0 Å². The fraction of sp³-hybridized carbons (Fsp3) is 0.688. The van der Waals surface area contributed by atoms with Crippen LogP contribution in [0.25, 0.3) is 0 Å². The molecule has 0 aliphatic carbocycles. The molecule has 0 atom stereocenters. The first-order valence-electron chi connectivity index (χ1n) is 8.60. The Morgan fingerprint density at radius 2 is 2.16 bits per heavy atom. The molecule has 0 radical (unpaired) electrons. The summed E-state index contributed by atoms with van der Waals surface area (Å²) in [5.74, 6) is 1.27. The van der Waals surface area contributed by atoms with E-state index in [1.165, 1.54) is 0 Å². The third-order valence-corrected chi connectivity index (χ3v) is 4.02. The molecule has 1 saturated heterocycles. The maximum atomic E-state index is 11.0. The third kappa shape index (κ3) is 7.59. The summed E-state index contributed by atoms with van der Waals surface area (Å²) in [5, 5.41) is 10.7. The van der Waals surface area contributed by atoms with E-state index in [4.69, 9.17) is 10.3 Å². The van der Waals surface area contributed by atoms with Gasteiger partial charge in [-0.25, -0.2) is 4.99 Å². The van der Waals surface area contributed by atoms with Crippen LogP contribution in [-0.4, -0.2) is 54.1 Å². The molecular formula is C16H29IN6O2. The molecule has 0 spiro atoms. The second-order valence-electron chi connectivity index (χ2n) is 5.99. The highest BCUT2D eigenvalue weighted by atomic mass is 127. The van der Waals surface area contributed by atoms with Gasteiger partial charge in [0.05, 0.1) is 12.2 Å². The van der Waals surface area contributed by atoms with Crippen LogP contribution in [0.4, 0.5) is 0 Å². The standard InChI is InChI=1S/C16H28N6O2.HI/c1-3-12-9-14(24-21-12)10-19-16(18-4-2)20-13-5-7-22(8-6-13)11-15(17)23;/h9,13H,3-8,10-11H2,1-2H3,(H2,17,23)(H2,18,19,20);1H. The van der Waals surface area contributed by atoms with Crippen LogP contribution in [0, 0.1) is 0 Å². The number of aryl methyl sites for hydroxylation is 1. The average Bonchev–Trinajstić information content (AvgIpc) is 3.02. The molecule has 2 rings (SSSR count). The number of nitrogens with one attached hydrogen (secondary N) is 2. The first kappa shape index (κ1) is 21.7. The third-order valence-electron chi connectivity index (χ3n) is 4.02. The van der Waals surface area contributed by atoms with Crippen LogP contribution in [0.5, 0.6) is 0 Å². The molecule has 0 bridgehead atoms. The van der Waals surface area contributed by atoms with E-state index >= 15 is 0 Å². The van der Waals surface area contributed by atoms with Gasteiger partial charge < -0.3 is 20.9 Å². The van der Waals surface area contributed by atoms with Crippen molar-refractivity contribution in [3.63, 3.8) is 0 Å². The number of halogens is 1. The predicted molar refractivity (Wildman–Crippen MR) is 108 cm³/mol. The number of guanidine groups is 1. The lowest BCUT2D eigenvalue weighted by Crippen LogP contribution is -2.49. The summed E-state index contributed by atoms with van der Waals surface area (Å²) in [7, 11) is 0. The van der Waals surface area contributed by atoms with E-state index in [-0.39, 0.29) is 29.9 Å². The number of likely N-dealkylation sites (tertiary alicyclic amines) is 1. The molecule has 0 aromatic carbocycles. The zero-order valence-corrected chi connectivity index (χ0v) is 17.3. The van der Waals surface area contributed by atoms with Gasteiger partial charge >= 0.3 is 0 Å². The number of nitrogens with zero attached hydrogens (tertiary/aromatic N) is 3. The maximum absolute atomic E-state index is 11.0. The molecule has 4 N–H and O–H groups in total. The molecule has 1 aliphatic heterocycles. The summed E-state index contributed by atoms with van der Waals surface area (Å²) in [4.78, 5) is 17.6. The van der Waals surface area contributed by atoms with Gasteiger partial charge in [-0.05, 0) is 26.2 Å². The van der Waals surface area contributed by atoms with Gasteiger partial charge in [-0.1, -0.05) is 12.1 Å². The number of rotatable bonds is 7. The summed E-state index contributed by atoms with van der Waals surface area (Å²) in [6, 6.07) is 2.28. The van der Waals surface area contributed by atoms with Crippen molar-refractivity contribution >= 4 is 35.8 Å². The number of primary amides is 1. The quantitative estimate of drug-likeness (QED) is 0.314. The smallest absolute Gasteiger partial charge is 0.231 e. The van der Waals surface area contributed by atoms with Crippen molar-refractivity contribution in [3.8, 4) is 0 Å². The number of aromatic nitrogens is 1. The highest BCUT2D eigenvalue weighted by Crippen LogP contribution is 2.10. The van der Waals surface area contributed by atoms with Crippen molar-refractivity contribution in [1.82, 2.24) is 20.7 Å². The van der Waals surface area contributed by atoms with Crippen LogP contribution in [0.2, 0.25) is 0 Å². The molecule has 25 heavy (non-hydrogen) atoms. The topological polar surface area (TPSA) is 109 Å². The van der Waals surface area contributed by atoms with Gasteiger partial charge in [-0.2, -0.15) is 0 Å². The lowest BCUT2D eigenvalue weighted by atomic mass is 10.1. The molecule has 1 aromatic heterocycles. The van der Waals surface area contributed by atoms with E-state index < -0.39 is 0 Å². The number of nitrogens with two attached hydrogens (primary N) is 1. The lowest BCUT2D eigenvalue weighted by Gasteiger charge is -2.32. The largest absolute Gasteiger partial charge is 0.369 e. The molecule has 8 nitrogen and oxygen atoms in total. The first-order valence-corrected chi connectivity index (χ1v) is 8.60. The van der Waals surface area contributed by atoms with Crippen molar-refractivity contribution in [2.24, 2.45) is 10.7 Å². The second kappa shape index (κ2) is 11.3. The number of hydrogen-bond donors (Lipinski definition) is 3. The Labute approximate surface area is 166 Å². The molecule has 1 amide bonds. The zero-order valence-electron chi connectivity index (χ0n) is 15.0. The number of carbonyl (C=O) groups is 1. The Hall–Kier alpha value is -1.36. The van der Waals surface area contributed by atoms with Crippen LogP contribution in [0.15, 0.2) is 15.6 Å². The fourth-order valence-electron chi connectivity index (χ4n) is 2.72. The van der Waals surface area contributed by atoms with Crippen LogP contribution in [-0.2, 0) is 17.8 Å². The number of hydrogen-bond acceptors (Lipinski definition) is 5. The van der Waals surface area contributed by atoms with Gasteiger partial charge in [-0.15, -0.1) is 24.0 Å². The number of carbonyl (C=O) groups excluding carboxylic acids is 1. The van der Waals surface area contributed by atoms with E-state index in [1.807, 2.05) is 19.9 Å². The Kier molecular flexibility index (Phi) is 9.79. The van der Waals surface area contributed by atoms with Crippen LogP contribution in [0.3, 0.4) is 0 Å². The monoisotopic (exact) mass is 464 g/mol. The number of amides is 1. The molecule has 2 heterocycles. The van der Waals surface area contributed by atoms with E-state index in [9.17, 15) is 4.79 Å². The minimum atomic E-state index is -0.269. The Morgan fingerprint density at radius 1 is 1.44 bits per heavy atom.